The van der Waals surface area contributed by atoms with Gasteiger partial charge in [0.15, 0.2) is 0 Å². The number of hydrogen-bond acceptors (Lipinski definition) is 4. The van der Waals surface area contributed by atoms with Crippen molar-refractivity contribution in [3.05, 3.63) is 77.6 Å². The molecule has 1 amide bonds. The minimum absolute atomic E-state index is 0.0305. The van der Waals surface area contributed by atoms with Crippen LogP contribution in [-0.2, 0) is 11.3 Å². The molecule has 150 valence electrons. The number of nitrogens with zero attached hydrogens (tertiary/aromatic N) is 4. The third kappa shape index (κ3) is 4.51. The van der Waals surface area contributed by atoms with Gasteiger partial charge in [-0.3, -0.25) is 4.79 Å². The van der Waals surface area contributed by atoms with Crippen molar-refractivity contribution in [1.29, 1.82) is 0 Å². The number of ether oxygens (including phenoxy) is 1. The molecule has 1 aromatic heterocycles. The van der Waals surface area contributed by atoms with Gasteiger partial charge in [-0.15, -0.1) is 5.10 Å². The molecule has 1 saturated heterocycles. The van der Waals surface area contributed by atoms with Gasteiger partial charge in [0.2, 0.25) is 5.82 Å². The zero-order valence-corrected chi connectivity index (χ0v) is 16.3. The zero-order valence-electron chi connectivity index (χ0n) is 16.3. The summed E-state index contributed by atoms with van der Waals surface area (Å²) >= 11 is 0. The molecule has 1 atom stereocenters. The summed E-state index contributed by atoms with van der Waals surface area (Å²) in [6.07, 6.45) is 1.98. The molecule has 0 bridgehead atoms. The Bertz CT molecular complexity index is 966. The Morgan fingerprint density at radius 1 is 1.21 bits per heavy atom. The summed E-state index contributed by atoms with van der Waals surface area (Å²) in [6, 6.07) is 15.8. The van der Waals surface area contributed by atoms with Gasteiger partial charge in [-0.05, 0) is 49.6 Å². The Labute approximate surface area is 168 Å². The molecule has 0 N–H and O–H groups in total. The van der Waals surface area contributed by atoms with E-state index in [9.17, 15) is 9.18 Å². The number of hydrogen-bond donors (Lipinski definition) is 0. The fourth-order valence-corrected chi connectivity index (χ4v) is 3.51. The van der Waals surface area contributed by atoms with Crippen molar-refractivity contribution in [1.82, 2.24) is 19.7 Å². The topological polar surface area (TPSA) is 60.3 Å². The number of aryl methyl sites for hydroxylation is 1. The average Bonchev–Trinajstić information content (AvgIpc) is 3.38. The number of aromatic nitrogens is 3. The smallest absolute Gasteiger partial charge is 0.293 e. The predicted molar refractivity (Wildman–Crippen MR) is 106 cm³/mol. The van der Waals surface area contributed by atoms with Crippen LogP contribution in [0.15, 0.2) is 54.6 Å². The molecular formula is C22H23FN4O2. The van der Waals surface area contributed by atoms with E-state index in [2.05, 4.69) is 10.1 Å². The number of amides is 1. The standard InChI is InChI=1S/C22H23FN4O2/c1-16-24-21(25-27(16)19-11-9-18(23)10-12-19)22(28)26(15-20-8-5-13-29-20)14-17-6-3-2-4-7-17/h2-4,6-7,9-12,20H,5,8,13-15H2,1H3. The van der Waals surface area contributed by atoms with Gasteiger partial charge < -0.3 is 9.64 Å². The van der Waals surface area contributed by atoms with Gasteiger partial charge in [0.25, 0.3) is 5.91 Å². The highest BCUT2D eigenvalue weighted by atomic mass is 19.1. The number of benzene rings is 2. The van der Waals surface area contributed by atoms with E-state index >= 15 is 0 Å². The van der Waals surface area contributed by atoms with Crippen LogP contribution in [0.4, 0.5) is 4.39 Å². The maximum atomic E-state index is 13.3. The van der Waals surface area contributed by atoms with Crippen LogP contribution in [0.25, 0.3) is 5.69 Å². The Morgan fingerprint density at radius 3 is 2.66 bits per heavy atom. The Balaban J connectivity index is 1.59. The summed E-state index contributed by atoms with van der Waals surface area (Å²) in [5, 5.41) is 4.40. The van der Waals surface area contributed by atoms with Crippen molar-refractivity contribution in [2.24, 2.45) is 0 Å². The van der Waals surface area contributed by atoms with E-state index in [1.54, 1.807) is 28.6 Å². The Hall–Kier alpha value is -3.06. The van der Waals surface area contributed by atoms with E-state index in [0.29, 0.717) is 24.6 Å². The van der Waals surface area contributed by atoms with Crippen LogP contribution < -0.4 is 0 Å². The molecule has 7 heteroatoms. The van der Waals surface area contributed by atoms with Crippen molar-refractivity contribution < 1.29 is 13.9 Å². The molecule has 1 unspecified atom stereocenters. The average molecular weight is 394 g/mol. The fourth-order valence-electron chi connectivity index (χ4n) is 3.51. The minimum atomic E-state index is -0.326. The summed E-state index contributed by atoms with van der Waals surface area (Å²) in [4.78, 5) is 19.4. The molecule has 1 aliphatic heterocycles. The highest BCUT2D eigenvalue weighted by Crippen LogP contribution is 2.18. The van der Waals surface area contributed by atoms with Gasteiger partial charge in [0.05, 0.1) is 11.8 Å². The minimum Gasteiger partial charge on any atom is -0.376 e. The van der Waals surface area contributed by atoms with E-state index < -0.39 is 0 Å². The van der Waals surface area contributed by atoms with Crippen LogP contribution in [0.3, 0.4) is 0 Å². The highest BCUT2D eigenvalue weighted by molar-refractivity contribution is 5.90. The fraction of sp³-hybridized carbons (Fsp3) is 0.318. The molecule has 2 aromatic carbocycles. The van der Waals surface area contributed by atoms with Crippen molar-refractivity contribution in [2.75, 3.05) is 13.2 Å². The second-order valence-corrected chi connectivity index (χ2v) is 7.18. The summed E-state index contributed by atoms with van der Waals surface area (Å²) in [5.74, 6) is 0.124. The summed E-state index contributed by atoms with van der Waals surface area (Å²) < 4.78 is 20.5. The molecule has 0 spiro atoms. The van der Waals surface area contributed by atoms with Gasteiger partial charge in [-0.2, -0.15) is 0 Å². The molecule has 3 aromatic rings. The second-order valence-electron chi connectivity index (χ2n) is 7.18. The maximum absolute atomic E-state index is 13.3. The van der Waals surface area contributed by atoms with E-state index in [4.69, 9.17) is 4.74 Å². The van der Waals surface area contributed by atoms with Crippen molar-refractivity contribution in [3.8, 4) is 5.69 Å². The van der Waals surface area contributed by atoms with Crippen LogP contribution in [0.5, 0.6) is 0 Å². The monoisotopic (exact) mass is 394 g/mol. The van der Waals surface area contributed by atoms with Crippen molar-refractivity contribution in [2.45, 2.75) is 32.4 Å². The van der Waals surface area contributed by atoms with Crippen LogP contribution in [0, 0.1) is 12.7 Å². The van der Waals surface area contributed by atoms with E-state index in [0.717, 1.165) is 25.0 Å². The molecular weight excluding hydrogens is 371 g/mol. The summed E-state index contributed by atoms with van der Waals surface area (Å²) in [7, 11) is 0. The molecule has 1 fully saturated rings. The molecule has 29 heavy (non-hydrogen) atoms. The lowest BCUT2D eigenvalue weighted by Crippen LogP contribution is -2.37. The van der Waals surface area contributed by atoms with E-state index in [1.165, 1.54) is 12.1 Å². The van der Waals surface area contributed by atoms with Gasteiger partial charge in [0.1, 0.15) is 11.6 Å². The number of halogens is 1. The van der Waals surface area contributed by atoms with Gasteiger partial charge in [-0.25, -0.2) is 14.1 Å². The van der Waals surface area contributed by atoms with Crippen LogP contribution in [-0.4, -0.2) is 44.8 Å². The lowest BCUT2D eigenvalue weighted by atomic mass is 10.2. The van der Waals surface area contributed by atoms with E-state index in [1.807, 2.05) is 30.3 Å². The second kappa shape index (κ2) is 8.53. The summed E-state index contributed by atoms with van der Waals surface area (Å²) in [6.45, 7) is 3.46. The van der Waals surface area contributed by atoms with Crippen LogP contribution >= 0.6 is 0 Å². The molecule has 6 nitrogen and oxygen atoms in total. The van der Waals surface area contributed by atoms with Gasteiger partial charge in [-0.1, -0.05) is 30.3 Å². The van der Waals surface area contributed by atoms with Crippen molar-refractivity contribution in [3.63, 3.8) is 0 Å². The molecule has 0 saturated carbocycles. The third-order valence-electron chi connectivity index (χ3n) is 4.98. The molecule has 4 rings (SSSR count). The molecule has 1 aliphatic rings. The van der Waals surface area contributed by atoms with Gasteiger partial charge >= 0.3 is 0 Å². The third-order valence-corrected chi connectivity index (χ3v) is 4.98. The molecule has 0 radical (unpaired) electrons. The van der Waals surface area contributed by atoms with Crippen LogP contribution in [0.2, 0.25) is 0 Å². The number of carbonyl (C=O) groups excluding carboxylic acids is 1. The SMILES string of the molecule is Cc1nc(C(=O)N(Cc2ccccc2)CC2CCCO2)nn1-c1ccc(F)cc1. The largest absolute Gasteiger partial charge is 0.376 e. The first-order valence-corrected chi connectivity index (χ1v) is 9.74. The first-order chi connectivity index (χ1) is 14.1. The zero-order chi connectivity index (χ0) is 20.2. The number of rotatable bonds is 6. The maximum Gasteiger partial charge on any atom is 0.293 e. The first kappa shape index (κ1) is 19.3. The highest BCUT2D eigenvalue weighted by Gasteiger charge is 2.26. The first-order valence-electron chi connectivity index (χ1n) is 9.74. The van der Waals surface area contributed by atoms with Gasteiger partial charge in [0, 0.05) is 19.7 Å². The quantitative estimate of drug-likeness (QED) is 0.642. The lowest BCUT2D eigenvalue weighted by Gasteiger charge is -2.24. The number of carbonyl (C=O) groups is 1. The Morgan fingerprint density at radius 2 is 1.97 bits per heavy atom. The molecule has 2 heterocycles. The van der Waals surface area contributed by atoms with Crippen molar-refractivity contribution >= 4 is 5.91 Å². The van der Waals surface area contributed by atoms with Crippen LogP contribution in [0.1, 0.15) is 34.8 Å². The molecule has 0 aliphatic carbocycles. The predicted octanol–water partition coefficient (Wildman–Crippen LogP) is 3.54. The normalized spacial score (nSPS) is 16.1. The summed E-state index contributed by atoms with van der Waals surface area (Å²) in [5.41, 5.74) is 1.69. The lowest BCUT2D eigenvalue weighted by molar-refractivity contribution is 0.0498. The van der Waals surface area contributed by atoms with E-state index in [-0.39, 0.29) is 23.7 Å². The Kier molecular flexibility index (Phi) is 5.67.